The first-order chi connectivity index (χ1) is 21.7. The van der Waals surface area contributed by atoms with E-state index in [1.807, 2.05) is 0 Å². The summed E-state index contributed by atoms with van der Waals surface area (Å²) in [6, 6.07) is 0.185. The van der Waals surface area contributed by atoms with E-state index in [0.29, 0.717) is 51.9 Å². The summed E-state index contributed by atoms with van der Waals surface area (Å²) >= 11 is 0. The Kier molecular flexibility index (Phi) is 28.8. The molecule has 0 saturated carbocycles. The second-order valence-electron chi connectivity index (χ2n) is 11.9. The molecular formula is C33H68N8O4. The summed E-state index contributed by atoms with van der Waals surface area (Å²) in [6.07, 6.45) is 13.0. The van der Waals surface area contributed by atoms with E-state index in [4.69, 9.17) is 0 Å². The molecule has 0 aliphatic carbocycles. The second-order valence-corrected chi connectivity index (χ2v) is 11.9. The molecule has 0 radical (unpaired) electrons. The fourth-order valence-corrected chi connectivity index (χ4v) is 4.99. The Morgan fingerprint density at radius 2 is 0.889 bits per heavy atom. The molecule has 0 aliphatic heterocycles. The minimum Gasteiger partial charge on any atom is -0.359 e. The van der Waals surface area contributed by atoms with Gasteiger partial charge in [-0.3, -0.25) is 19.2 Å². The predicted molar refractivity (Wildman–Crippen MR) is 184 cm³/mol. The van der Waals surface area contributed by atoms with Crippen LogP contribution in [-0.2, 0) is 19.2 Å². The van der Waals surface area contributed by atoms with Crippen LogP contribution in [0.2, 0.25) is 0 Å². The average Bonchev–Trinajstić information content (AvgIpc) is 3.04. The van der Waals surface area contributed by atoms with E-state index in [2.05, 4.69) is 55.5 Å². The smallest absolute Gasteiger partial charge is 0.221 e. The Hall–Kier alpha value is -2.28. The quantitative estimate of drug-likeness (QED) is 0.0627. The number of nitrogens with zero attached hydrogens (tertiary/aromatic N) is 2. The van der Waals surface area contributed by atoms with E-state index in [1.165, 1.54) is 44.9 Å². The van der Waals surface area contributed by atoms with Crippen molar-refractivity contribution in [2.24, 2.45) is 0 Å². The van der Waals surface area contributed by atoms with Gasteiger partial charge in [-0.1, -0.05) is 58.3 Å². The highest BCUT2D eigenvalue weighted by Gasteiger charge is 2.13. The van der Waals surface area contributed by atoms with Crippen LogP contribution in [0.3, 0.4) is 0 Å². The molecule has 1 unspecified atom stereocenters. The fraction of sp³-hybridized carbons (Fsp3) is 0.879. The molecule has 0 aromatic carbocycles. The van der Waals surface area contributed by atoms with Crippen molar-refractivity contribution in [1.29, 1.82) is 0 Å². The van der Waals surface area contributed by atoms with Crippen LogP contribution >= 0.6 is 0 Å². The predicted octanol–water partition coefficient (Wildman–Crippen LogP) is 1.60. The molecule has 0 aromatic rings. The van der Waals surface area contributed by atoms with Crippen molar-refractivity contribution in [2.75, 3.05) is 86.6 Å². The van der Waals surface area contributed by atoms with E-state index in [1.54, 1.807) is 21.1 Å². The lowest BCUT2D eigenvalue weighted by Gasteiger charge is -2.23. The van der Waals surface area contributed by atoms with Crippen LogP contribution in [0.25, 0.3) is 0 Å². The van der Waals surface area contributed by atoms with Crippen molar-refractivity contribution in [3.05, 3.63) is 0 Å². The van der Waals surface area contributed by atoms with Crippen molar-refractivity contribution in [3.63, 3.8) is 0 Å². The SMILES string of the molecule is CCCCCCCCCCC(C)NC(=O)CCN(CCNCCNCCN(CCC(=O)NC)CCC(=O)NC)CCC(=O)NC. The fourth-order valence-electron chi connectivity index (χ4n) is 4.99. The van der Waals surface area contributed by atoms with E-state index >= 15 is 0 Å². The summed E-state index contributed by atoms with van der Waals surface area (Å²) in [5.41, 5.74) is 0. The first kappa shape index (κ1) is 42.7. The number of nitrogens with one attached hydrogen (secondary N) is 6. The molecule has 6 N–H and O–H groups in total. The van der Waals surface area contributed by atoms with Crippen LogP contribution in [0, 0.1) is 0 Å². The zero-order valence-electron chi connectivity index (χ0n) is 29.4. The van der Waals surface area contributed by atoms with Crippen LogP contribution in [0.1, 0.15) is 97.3 Å². The van der Waals surface area contributed by atoms with Crippen LogP contribution in [0.5, 0.6) is 0 Å². The molecule has 0 aromatic heterocycles. The maximum Gasteiger partial charge on any atom is 0.221 e. The monoisotopic (exact) mass is 641 g/mol. The zero-order chi connectivity index (χ0) is 33.5. The number of unbranched alkanes of at least 4 members (excludes halogenated alkanes) is 7. The van der Waals surface area contributed by atoms with Crippen LogP contribution < -0.4 is 31.9 Å². The Morgan fingerprint density at radius 1 is 0.511 bits per heavy atom. The van der Waals surface area contributed by atoms with E-state index in [-0.39, 0.29) is 29.7 Å². The average molecular weight is 641 g/mol. The molecule has 0 bridgehead atoms. The van der Waals surface area contributed by atoms with Crippen molar-refractivity contribution >= 4 is 23.6 Å². The van der Waals surface area contributed by atoms with Gasteiger partial charge in [0.1, 0.15) is 0 Å². The molecule has 12 nitrogen and oxygen atoms in total. The number of amides is 4. The number of hydrogen-bond donors (Lipinski definition) is 6. The molecular weight excluding hydrogens is 572 g/mol. The van der Waals surface area contributed by atoms with Gasteiger partial charge < -0.3 is 41.7 Å². The van der Waals surface area contributed by atoms with Gasteiger partial charge in [-0.15, -0.1) is 0 Å². The Balaban J connectivity index is 4.29. The van der Waals surface area contributed by atoms with Gasteiger partial charge in [-0.05, 0) is 13.3 Å². The molecule has 12 heteroatoms. The lowest BCUT2D eigenvalue weighted by atomic mass is 10.1. The normalized spacial score (nSPS) is 11.9. The first-order valence-electron chi connectivity index (χ1n) is 17.5. The molecule has 45 heavy (non-hydrogen) atoms. The minimum atomic E-state index is -0.00857. The van der Waals surface area contributed by atoms with Gasteiger partial charge in [0.25, 0.3) is 0 Å². The molecule has 0 heterocycles. The maximum absolute atomic E-state index is 12.6. The molecule has 4 amide bonds. The maximum atomic E-state index is 12.6. The number of carbonyl (C=O) groups excluding carboxylic acids is 4. The third-order valence-corrected chi connectivity index (χ3v) is 8.04. The minimum absolute atomic E-state index is 0.000265. The molecule has 0 spiro atoms. The van der Waals surface area contributed by atoms with Gasteiger partial charge in [-0.2, -0.15) is 0 Å². The van der Waals surface area contributed by atoms with Crippen LogP contribution in [0.15, 0.2) is 0 Å². The summed E-state index contributed by atoms with van der Waals surface area (Å²) in [4.78, 5) is 52.0. The van der Waals surface area contributed by atoms with Crippen LogP contribution in [-0.4, -0.2) is 126 Å². The molecule has 0 fully saturated rings. The van der Waals surface area contributed by atoms with E-state index in [0.717, 1.165) is 52.1 Å². The molecule has 1 atom stereocenters. The van der Waals surface area contributed by atoms with Gasteiger partial charge in [0, 0.05) is 118 Å². The lowest BCUT2D eigenvalue weighted by molar-refractivity contribution is -0.123. The van der Waals surface area contributed by atoms with Gasteiger partial charge in [0.2, 0.25) is 23.6 Å². The van der Waals surface area contributed by atoms with Crippen molar-refractivity contribution < 1.29 is 19.2 Å². The third-order valence-electron chi connectivity index (χ3n) is 8.04. The highest BCUT2D eigenvalue weighted by atomic mass is 16.2. The van der Waals surface area contributed by atoms with Crippen molar-refractivity contribution in [2.45, 2.75) is 103 Å². The van der Waals surface area contributed by atoms with Crippen molar-refractivity contribution in [1.82, 2.24) is 41.7 Å². The molecule has 0 rings (SSSR count). The van der Waals surface area contributed by atoms with E-state index < -0.39 is 0 Å². The number of carbonyl (C=O) groups is 4. The molecule has 0 saturated heterocycles. The van der Waals surface area contributed by atoms with Crippen LogP contribution in [0.4, 0.5) is 0 Å². The second kappa shape index (κ2) is 30.4. The van der Waals surface area contributed by atoms with Gasteiger partial charge in [0.15, 0.2) is 0 Å². The topological polar surface area (TPSA) is 147 Å². The third kappa shape index (κ3) is 27.7. The van der Waals surface area contributed by atoms with E-state index in [9.17, 15) is 19.2 Å². The highest BCUT2D eigenvalue weighted by Crippen LogP contribution is 2.10. The summed E-state index contributed by atoms with van der Waals surface area (Å²) in [5, 5.41) is 18.0. The summed E-state index contributed by atoms with van der Waals surface area (Å²) in [7, 11) is 4.90. The summed E-state index contributed by atoms with van der Waals surface area (Å²) in [5.74, 6) is 0.0561. The summed E-state index contributed by atoms with van der Waals surface area (Å²) in [6.45, 7) is 11.4. The highest BCUT2D eigenvalue weighted by molar-refractivity contribution is 5.77. The standard InChI is InChI=1S/C33H68N8O4/c1-6-7-8-9-10-11-12-13-14-29(2)39-33(45)18-26-41(25-17-32(44)36-5)28-22-38-20-19-37-21-27-40(23-15-30(42)34-3)24-16-31(43)35-4/h29,37-38H,6-28H2,1-5H3,(H,34,42)(H,35,43)(H,36,44)(H,39,45). The zero-order valence-corrected chi connectivity index (χ0v) is 29.4. The Labute approximate surface area is 274 Å². The summed E-state index contributed by atoms with van der Waals surface area (Å²) < 4.78 is 0. The van der Waals surface area contributed by atoms with Gasteiger partial charge in [-0.25, -0.2) is 0 Å². The Morgan fingerprint density at radius 3 is 1.29 bits per heavy atom. The van der Waals surface area contributed by atoms with Gasteiger partial charge in [0.05, 0.1) is 0 Å². The Bertz CT molecular complexity index is 751. The lowest BCUT2D eigenvalue weighted by Crippen LogP contribution is -2.41. The number of hydrogen-bond acceptors (Lipinski definition) is 8. The first-order valence-corrected chi connectivity index (χ1v) is 17.5. The van der Waals surface area contributed by atoms with Gasteiger partial charge >= 0.3 is 0 Å². The molecule has 0 aliphatic rings. The number of rotatable bonds is 31. The van der Waals surface area contributed by atoms with Crippen molar-refractivity contribution in [3.8, 4) is 0 Å². The largest absolute Gasteiger partial charge is 0.359 e. The molecule has 264 valence electrons.